The molecule has 116 valence electrons. The van der Waals surface area contributed by atoms with Crippen molar-refractivity contribution in [2.75, 3.05) is 13.1 Å². The average Bonchev–Trinajstić information content (AvgIpc) is 2.46. The summed E-state index contributed by atoms with van der Waals surface area (Å²) in [6, 6.07) is 5.30. The molecule has 1 aromatic carbocycles. The Hall–Kier alpha value is -0.970. The van der Waals surface area contributed by atoms with Gasteiger partial charge in [-0.1, -0.05) is 36.2 Å². The van der Waals surface area contributed by atoms with Gasteiger partial charge in [-0.05, 0) is 44.5 Å². The van der Waals surface area contributed by atoms with E-state index in [4.69, 9.17) is 27.9 Å². The van der Waals surface area contributed by atoms with Crippen molar-refractivity contribution < 1.29 is 9.53 Å². The van der Waals surface area contributed by atoms with Crippen molar-refractivity contribution in [1.29, 1.82) is 0 Å². The second kappa shape index (κ2) is 7.34. The van der Waals surface area contributed by atoms with Crippen LogP contribution in [0.3, 0.4) is 0 Å². The lowest BCUT2D eigenvalue weighted by Crippen LogP contribution is -2.51. The van der Waals surface area contributed by atoms with Gasteiger partial charge in [-0.2, -0.15) is 0 Å². The van der Waals surface area contributed by atoms with E-state index in [9.17, 15) is 4.79 Å². The zero-order valence-corrected chi connectivity index (χ0v) is 13.7. The maximum Gasteiger partial charge on any atom is 0.261 e. The molecular formula is C15H20Cl2N2O2. The molecule has 4 nitrogen and oxygen atoms in total. The molecule has 0 saturated carbocycles. The van der Waals surface area contributed by atoms with Gasteiger partial charge >= 0.3 is 0 Å². The normalized spacial score (nSPS) is 23.4. The van der Waals surface area contributed by atoms with Crippen LogP contribution < -0.4 is 15.4 Å². The zero-order valence-electron chi connectivity index (χ0n) is 12.2. The van der Waals surface area contributed by atoms with Crippen LogP contribution in [-0.2, 0) is 4.79 Å². The number of piperidine rings is 1. The Morgan fingerprint density at radius 1 is 1.48 bits per heavy atom. The first kappa shape index (κ1) is 16.4. The highest BCUT2D eigenvalue weighted by Crippen LogP contribution is 2.32. The van der Waals surface area contributed by atoms with Crippen molar-refractivity contribution in [3.05, 3.63) is 28.2 Å². The Bertz CT molecular complexity index is 510. The molecule has 3 atom stereocenters. The van der Waals surface area contributed by atoms with E-state index in [1.54, 1.807) is 25.1 Å². The van der Waals surface area contributed by atoms with E-state index in [0.29, 0.717) is 21.7 Å². The Morgan fingerprint density at radius 2 is 2.24 bits per heavy atom. The van der Waals surface area contributed by atoms with Crippen molar-refractivity contribution in [1.82, 2.24) is 10.6 Å². The summed E-state index contributed by atoms with van der Waals surface area (Å²) >= 11 is 12.0. The Labute approximate surface area is 135 Å². The Kier molecular flexibility index (Phi) is 5.73. The Morgan fingerprint density at radius 3 is 2.95 bits per heavy atom. The summed E-state index contributed by atoms with van der Waals surface area (Å²) in [6.45, 7) is 5.67. The van der Waals surface area contributed by atoms with Crippen molar-refractivity contribution in [3.63, 3.8) is 0 Å². The van der Waals surface area contributed by atoms with Crippen LogP contribution in [0.5, 0.6) is 5.75 Å². The fraction of sp³-hybridized carbons (Fsp3) is 0.533. The van der Waals surface area contributed by atoms with Gasteiger partial charge in [0, 0.05) is 6.04 Å². The van der Waals surface area contributed by atoms with Crippen LogP contribution in [0.15, 0.2) is 18.2 Å². The predicted octanol–water partition coefficient (Wildman–Crippen LogP) is 2.87. The fourth-order valence-corrected chi connectivity index (χ4v) is 2.68. The molecule has 3 unspecified atom stereocenters. The van der Waals surface area contributed by atoms with Gasteiger partial charge in [-0.25, -0.2) is 0 Å². The SMILES string of the molecule is CC(Oc1cccc(Cl)c1Cl)C(=O)NC1CCNCC1C. The Balaban J connectivity index is 1.94. The van der Waals surface area contributed by atoms with E-state index < -0.39 is 6.10 Å². The summed E-state index contributed by atoms with van der Waals surface area (Å²) < 4.78 is 5.62. The van der Waals surface area contributed by atoms with Gasteiger partial charge in [0.1, 0.15) is 10.8 Å². The molecule has 1 aliphatic rings. The molecule has 0 aliphatic carbocycles. The lowest BCUT2D eigenvalue weighted by molar-refractivity contribution is -0.128. The van der Waals surface area contributed by atoms with Crippen LogP contribution in [0.4, 0.5) is 0 Å². The number of halogens is 2. The van der Waals surface area contributed by atoms with Crippen LogP contribution in [-0.4, -0.2) is 31.1 Å². The number of amides is 1. The van der Waals surface area contributed by atoms with Gasteiger partial charge in [0.2, 0.25) is 0 Å². The summed E-state index contributed by atoms with van der Waals surface area (Å²) in [6.07, 6.45) is 0.306. The van der Waals surface area contributed by atoms with E-state index in [1.165, 1.54) is 0 Å². The number of hydrogen-bond acceptors (Lipinski definition) is 3. The van der Waals surface area contributed by atoms with E-state index >= 15 is 0 Å². The number of benzene rings is 1. The van der Waals surface area contributed by atoms with Gasteiger partial charge < -0.3 is 15.4 Å². The number of ether oxygens (including phenoxy) is 1. The van der Waals surface area contributed by atoms with E-state index in [2.05, 4.69) is 17.6 Å². The molecular weight excluding hydrogens is 311 g/mol. The van der Waals surface area contributed by atoms with Crippen molar-refractivity contribution in [2.24, 2.45) is 5.92 Å². The first-order chi connectivity index (χ1) is 9.99. The highest BCUT2D eigenvalue weighted by Gasteiger charge is 2.25. The summed E-state index contributed by atoms with van der Waals surface area (Å²) in [5, 5.41) is 7.09. The maximum atomic E-state index is 12.2. The van der Waals surface area contributed by atoms with Crippen LogP contribution in [0.2, 0.25) is 10.0 Å². The molecule has 1 saturated heterocycles. The monoisotopic (exact) mass is 330 g/mol. The molecule has 0 aromatic heterocycles. The van der Waals surface area contributed by atoms with Gasteiger partial charge in [0.05, 0.1) is 5.02 Å². The van der Waals surface area contributed by atoms with Crippen molar-refractivity contribution in [3.8, 4) is 5.75 Å². The number of carbonyl (C=O) groups excluding carboxylic acids is 1. The smallest absolute Gasteiger partial charge is 0.261 e. The van der Waals surface area contributed by atoms with E-state index in [1.807, 2.05) is 0 Å². The average molecular weight is 331 g/mol. The molecule has 1 heterocycles. The second-order valence-corrected chi connectivity index (χ2v) is 6.18. The molecule has 1 aliphatic heterocycles. The number of hydrogen-bond donors (Lipinski definition) is 2. The topological polar surface area (TPSA) is 50.4 Å². The number of nitrogens with one attached hydrogen (secondary N) is 2. The van der Waals surface area contributed by atoms with Crippen LogP contribution in [0.25, 0.3) is 0 Å². The van der Waals surface area contributed by atoms with Crippen LogP contribution >= 0.6 is 23.2 Å². The molecule has 1 aromatic rings. The summed E-state index contributed by atoms with van der Waals surface area (Å²) in [7, 11) is 0. The molecule has 6 heteroatoms. The number of rotatable bonds is 4. The third-order valence-corrected chi connectivity index (χ3v) is 4.50. The van der Waals surface area contributed by atoms with Crippen molar-refractivity contribution >= 4 is 29.1 Å². The highest BCUT2D eigenvalue weighted by atomic mass is 35.5. The third-order valence-electron chi connectivity index (χ3n) is 3.70. The predicted molar refractivity (Wildman–Crippen MR) is 85.1 cm³/mol. The van der Waals surface area contributed by atoms with Gasteiger partial charge in [0.25, 0.3) is 5.91 Å². The van der Waals surface area contributed by atoms with E-state index in [0.717, 1.165) is 19.5 Å². The van der Waals surface area contributed by atoms with Crippen molar-refractivity contribution in [2.45, 2.75) is 32.4 Å². The van der Waals surface area contributed by atoms with Crippen LogP contribution in [0, 0.1) is 5.92 Å². The summed E-state index contributed by atoms with van der Waals surface area (Å²) in [5.41, 5.74) is 0. The lowest BCUT2D eigenvalue weighted by Gasteiger charge is -2.31. The quantitative estimate of drug-likeness (QED) is 0.892. The second-order valence-electron chi connectivity index (χ2n) is 5.40. The van der Waals surface area contributed by atoms with Gasteiger partial charge in [0.15, 0.2) is 6.10 Å². The molecule has 0 bridgehead atoms. The third kappa shape index (κ3) is 4.25. The van der Waals surface area contributed by atoms with Gasteiger partial charge in [-0.3, -0.25) is 4.79 Å². The lowest BCUT2D eigenvalue weighted by atomic mass is 9.95. The molecule has 2 rings (SSSR count). The maximum absolute atomic E-state index is 12.2. The largest absolute Gasteiger partial charge is 0.479 e. The molecule has 0 spiro atoms. The molecule has 0 radical (unpaired) electrons. The molecule has 2 N–H and O–H groups in total. The standard InChI is InChI=1S/C15H20Cl2N2O2/c1-9-8-18-7-6-12(9)19-15(20)10(2)21-13-5-3-4-11(16)14(13)17/h3-5,9-10,12,18H,6-8H2,1-2H3,(H,19,20). The highest BCUT2D eigenvalue weighted by molar-refractivity contribution is 6.42. The first-order valence-electron chi connectivity index (χ1n) is 7.10. The zero-order chi connectivity index (χ0) is 15.4. The first-order valence-corrected chi connectivity index (χ1v) is 7.86. The number of carbonyl (C=O) groups is 1. The summed E-state index contributed by atoms with van der Waals surface area (Å²) in [5.74, 6) is 0.694. The summed E-state index contributed by atoms with van der Waals surface area (Å²) in [4.78, 5) is 12.2. The van der Waals surface area contributed by atoms with E-state index in [-0.39, 0.29) is 11.9 Å². The minimum absolute atomic E-state index is 0.134. The molecule has 1 fully saturated rings. The molecule has 1 amide bonds. The minimum Gasteiger partial charge on any atom is -0.479 e. The van der Waals surface area contributed by atoms with Crippen LogP contribution in [0.1, 0.15) is 20.3 Å². The molecule has 21 heavy (non-hydrogen) atoms. The minimum atomic E-state index is -0.622. The van der Waals surface area contributed by atoms with Gasteiger partial charge in [-0.15, -0.1) is 0 Å². The fourth-order valence-electron chi connectivity index (χ4n) is 2.35.